The van der Waals surface area contributed by atoms with E-state index in [0.717, 1.165) is 33.6 Å². The number of nitrogens with zero attached hydrogens (tertiary/aromatic N) is 3. The fourth-order valence-corrected chi connectivity index (χ4v) is 3.00. The molecule has 2 aromatic heterocycles. The first-order valence-electron chi connectivity index (χ1n) is 8.35. The van der Waals surface area contributed by atoms with Crippen molar-refractivity contribution in [3.05, 3.63) is 85.1 Å². The van der Waals surface area contributed by atoms with Crippen molar-refractivity contribution in [1.29, 1.82) is 0 Å². The van der Waals surface area contributed by atoms with E-state index < -0.39 is 0 Å². The molecule has 0 bridgehead atoms. The molecule has 0 saturated carbocycles. The smallest absolute Gasteiger partial charge is 0.243 e. The van der Waals surface area contributed by atoms with Gasteiger partial charge in [-0.3, -0.25) is 4.98 Å². The molecule has 4 nitrogen and oxygen atoms in total. The average Bonchev–Trinajstić information content (AvgIpc) is 2.74. The van der Waals surface area contributed by atoms with Crippen molar-refractivity contribution in [2.75, 3.05) is 7.11 Å². The first kappa shape index (κ1) is 16.0. The van der Waals surface area contributed by atoms with E-state index in [1.165, 1.54) is 0 Å². The Morgan fingerprint density at radius 2 is 1.31 bits per heavy atom. The van der Waals surface area contributed by atoms with E-state index >= 15 is 0 Å². The number of rotatable bonds is 4. The predicted octanol–water partition coefficient (Wildman–Crippen LogP) is 4.88. The van der Waals surface area contributed by atoms with Crippen LogP contribution in [0.25, 0.3) is 33.6 Å². The second kappa shape index (κ2) is 7.15. The second-order valence-corrected chi connectivity index (χ2v) is 5.75. The summed E-state index contributed by atoms with van der Waals surface area (Å²) in [6.45, 7) is 0. The van der Waals surface area contributed by atoms with Gasteiger partial charge in [0.1, 0.15) is 5.69 Å². The lowest BCUT2D eigenvalue weighted by atomic mass is 9.94. The molecule has 0 radical (unpaired) electrons. The zero-order chi connectivity index (χ0) is 17.8. The number of pyridine rings is 1. The fraction of sp³-hybridized carbons (Fsp3) is 0.0455. The molecule has 0 amide bonds. The maximum atomic E-state index is 5.54. The molecule has 0 atom stereocenters. The van der Waals surface area contributed by atoms with Gasteiger partial charge in [-0.1, -0.05) is 66.7 Å². The number of hydrogen-bond acceptors (Lipinski definition) is 4. The lowest BCUT2D eigenvalue weighted by Gasteiger charge is -2.16. The van der Waals surface area contributed by atoms with Gasteiger partial charge in [-0.25, -0.2) is 0 Å². The van der Waals surface area contributed by atoms with Crippen LogP contribution in [0, 0.1) is 0 Å². The summed E-state index contributed by atoms with van der Waals surface area (Å²) in [6, 6.07) is 26.0. The van der Waals surface area contributed by atoms with E-state index in [9.17, 15) is 0 Å². The van der Waals surface area contributed by atoms with Crippen LogP contribution in [0.3, 0.4) is 0 Å². The Bertz CT molecular complexity index is 1000. The molecule has 0 spiro atoms. The van der Waals surface area contributed by atoms with Crippen molar-refractivity contribution >= 4 is 0 Å². The van der Waals surface area contributed by atoms with Gasteiger partial charge in [0.05, 0.1) is 18.4 Å². The average molecular weight is 339 g/mol. The van der Waals surface area contributed by atoms with Crippen molar-refractivity contribution in [2.24, 2.45) is 0 Å². The van der Waals surface area contributed by atoms with E-state index in [-0.39, 0.29) is 0 Å². The van der Waals surface area contributed by atoms with Gasteiger partial charge in [0.2, 0.25) is 5.88 Å². The zero-order valence-corrected chi connectivity index (χ0v) is 14.3. The Kier molecular flexibility index (Phi) is 4.39. The monoisotopic (exact) mass is 339 g/mol. The standard InChI is InChI=1S/C22H17N3O/c1-26-22-20(18-14-8-9-15-23-18)19(16-10-4-2-5-11-16)21(24-25-22)17-12-6-3-7-13-17/h2-15H,1H3. The van der Waals surface area contributed by atoms with Crippen LogP contribution in [0.2, 0.25) is 0 Å². The second-order valence-electron chi connectivity index (χ2n) is 5.75. The van der Waals surface area contributed by atoms with Gasteiger partial charge in [-0.05, 0) is 17.7 Å². The maximum absolute atomic E-state index is 5.54. The highest BCUT2D eigenvalue weighted by atomic mass is 16.5. The summed E-state index contributed by atoms with van der Waals surface area (Å²) in [5.74, 6) is 0.460. The van der Waals surface area contributed by atoms with Crippen LogP contribution in [-0.2, 0) is 0 Å². The molecular formula is C22H17N3O. The van der Waals surface area contributed by atoms with Crippen LogP contribution >= 0.6 is 0 Å². The Hall–Kier alpha value is -3.53. The van der Waals surface area contributed by atoms with Crippen molar-refractivity contribution in [3.8, 4) is 39.5 Å². The summed E-state index contributed by atoms with van der Waals surface area (Å²) in [5, 5.41) is 8.80. The normalized spacial score (nSPS) is 10.5. The van der Waals surface area contributed by atoms with Gasteiger partial charge < -0.3 is 4.74 Å². The first-order chi connectivity index (χ1) is 12.9. The molecule has 0 aliphatic carbocycles. The van der Waals surface area contributed by atoms with Gasteiger partial charge in [0.25, 0.3) is 0 Å². The van der Waals surface area contributed by atoms with Crippen LogP contribution in [-0.4, -0.2) is 22.3 Å². The Labute approximate surface area is 152 Å². The van der Waals surface area contributed by atoms with E-state index in [4.69, 9.17) is 4.74 Å². The molecular weight excluding hydrogens is 322 g/mol. The van der Waals surface area contributed by atoms with Gasteiger partial charge in [-0.15, -0.1) is 10.2 Å². The van der Waals surface area contributed by atoms with Gasteiger partial charge >= 0.3 is 0 Å². The van der Waals surface area contributed by atoms with E-state index in [1.807, 2.05) is 66.7 Å². The first-order valence-corrected chi connectivity index (χ1v) is 8.35. The summed E-state index contributed by atoms with van der Waals surface area (Å²) in [5.41, 5.74) is 5.45. The summed E-state index contributed by atoms with van der Waals surface area (Å²) >= 11 is 0. The number of ether oxygens (including phenoxy) is 1. The van der Waals surface area contributed by atoms with Crippen LogP contribution in [0.4, 0.5) is 0 Å². The molecule has 2 heterocycles. The third-order valence-electron chi connectivity index (χ3n) is 4.17. The largest absolute Gasteiger partial charge is 0.479 e. The van der Waals surface area contributed by atoms with Gasteiger partial charge in [0.15, 0.2) is 0 Å². The lowest BCUT2D eigenvalue weighted by molar-refractivity contribution is 0.394. The minimum absolute atomic E-state index is 0.460. The van der Waals surface area contributed by atoms with E-state index in [1.54, 1.807) is 13.3 Å². The van der Waals surface area contributed by atoms with Crippen LogP contribution < -0.4 is 4.74 Å². The van der Waals surface area contributed by atoms with Crippen LogP contribution in [0.5, 0.6) is 5.88 Å². The minimum atomic E-state index is 0.460. The van der Waals surface area contributed by atoms with Crippen LogP contribution in [0.1, 0.15) is 0 Å². The Balaban J connectivity index is 2.09. The quantitative estimate of drug-likeness (QED) is 0.531. The molecule has 4 rings (SSSR count). The van der Waals surface area contributed by atoms with E-state index in [2.05, 4.69) is 27.3 Å². The minimum Gasteiger partial charge on any atom is -0.479 e. The highest BCUT2D eigenvalue weighted by molar-refractivity contribution is 5.93. The Morgan fingerprint density at radius 1 is 0.654 bits per heavy atom. The molecule has 0 N–H and O–H groups in total. The van der Waals surface area contributed by atoms with Gasteiger partial charge in [0, 0.05) is 17.3 Å². The maximum Gasteiger partial charge on any atom is 0.243 e. The number of benzene rings is 2. The summed E-state index contributed by atoms with van der Waals surface area (Å²) in [7, 11) is 1.60. The summed E-state index contributed by atoms with van der Waals surface area (Å²) < 4.78 is 5.54. The number of methoxy groups -OCH3 is 1. The van der Waals surface area contributed by atoms with Crippen molar-refractivity contribution < 1.29 is 4.74 Å². The summed E-state index contributed by atoms with van der Waals surface area (Å²) in [6.07, 6.45) is 1.77. The molecule has 4 aromatic rings. The van der Waals surface area contributed by atoms with Crippen molar-refractivity contribution in [1.82, 2.24) is 15.2 Å². The third kappa shape index (κ3) is 2.93. The third-order valence-corrected chi connectivity index (χ3v) is 4.17. The van der Waals surface area contributed by atoms with E-state index in [0.29, 0.717) is 5.88 Å². The van der Waals surface area contributed by atoms with Crippen LogP contribution in [0.15, 0.2) is 85.1 Å². The number of aromatic nitrogens is 3. The molecule has 0 fully saturated rings. The molecule has 0 aliphatic heterocycles. The molecule has 126 valence electrons. The molecule has 2 aromatic carbocycles. The SMILES string of the molecule is COc1nnc(-c2ccccc2)c(-c2ccccc2)c1-c1ccccn1. The molecule has 26 heavy (non-hydrogen) atoms. The molecule has 0 unspecified atom stereocenters. The summed E-state index contributed by atoms with van der Waals surface area (Å²) in [4.78, 5) is 4.53. The molecule has 4 heteroatoms. The topological polar surface area (TPSA) is 47.9 Å². The van der Waals surface area contributed by atoms with Crippen molar-refractivity contribution in [3.63, 3.8) is 0 Å². The molecule has 0 saturated heterocycles. The zero-order valence-electron chi connectivity index (χ0n) is 14.3. The van der Waals surface area contributed by atoms with Gasteiger partial charge in [-0.2, -0.15) is 0 Å². The fourth-order valence-electron chi connectivity index (χ4n) is 3.00. The number of hydrogen-bond donors (Lipinski definition) is 0. The predicted molar refractivity (Wildman–Crippen MR) is 103 cm³/mol. The highest BCUT2D eigenvalue weighted by Gasteiger charge is 2.21. The molecule has 0 aliphatic rings. The van der Waals surface area contributed by atoms with Crippen molar-refractivity contribution in [2.45, 2.75) is 0 Å². The lowest BCUT2D eigenvalue weighted by Crippen LogP contribution is -2.01. The Morgan fingerprint density at radius 3 is 1.92 bits per heavy atom. The highest BCUT2D eigenvalue weighted by Crippen LogP contribution is 2.41.